The van der Waals surface area contributed by atoms with Crippen LogP contribution in [-0.2, 0) is 33.8 Å². The second-order valence-electron chi connectivity index (χ2n) is 6.45. The van der Waals surface area contributed by atoms with Crippen LogP contribution in [0.4, 0.5) is 0 Å². The van der Waals surface area contributed by atoms with Crippen molar-refractivity contribution in [3.63, 3.8) is 0 Å². The van der Waals surface area contributed by atoms with E-state index in [0.29, 0.717) is 58.9 Å². The van der Waals surface area contributed by atoms with Gasteiger partial charge in [0.05, 0.1) is 19.8 Å². The van der Waals surface area contributed by atoms with E-state index in [2.05, 4.69) is 19.7 Å². The van der Waals surface area contributed by atoms with E-state index in [0.717, 1.165) is 13.7 Å². The maximum absolute atomic E-state index is 12.8. The number of aromatic nitrogens is 3. The van der Waals surface area contributed by atoms with Crippen molar-refractivity contribution in [2.75, 3.05) is 39.6 Å². The molecule has 0 fully saturated rings. The Morgan fingerprint density at radius 2 is 0.833 bits per heavy atom. The van der Waals surface area contributed by atoms with E-state index < -0.39 is 17.1 Å². The molecule has 0 unspecified atom stereocenters. The van der Waals surface area contributed by atoms with Crippen LogP contribution in [0.1, 0.15) is 19.3 Å². The lowest BCUT2D eigenvalue weighted by molar-refractivity contribution is 0.150. The molecule has 168 valence electrons. The van der Waals surface area contributed by atoms with Crippen LogP contribution in [0.5, 0.6) is 0 Å². The van der Waals surface area contributed by atoms with Gasteiger partial charge in [-0.2, -0.15) is 0 Å². The number of hydrogen-bond acceptors (Lipinski definition) is 6. The Bertz CT molecular complexity index is 697. The molecule has 1 aromatic heterocycles. The number of hydrogen-bond donors (Lipinski definition) is 0. The van der Waals surface area contributed by atoms with Gasteiger partial charge >= 0.3 is 17.1 Å². The van der Waals surface area contributed by atoms with Crippen molar-refractivity contribution in [1.82, 2.24) is 13.7 Å². The highest BCUT2D eigenvalue weighted by atomic mass is 16.5. The van der Waals surface area contributed by atoms with Gasteiger partial charge in [0.15, 0.2) is 0 Å². The van der Waals surface area contributed by atoms with Gasteiger partial charge in [-0.25, -0.2) is 28.1 Å². The molecule has 0 spiro atoms. The van der Waals surface area contributed by atoms with Crippen LogP contribution in [0.3, 0.4) is 0 Å². The molecule has 0 saturated heterocycles. The molecule has 1 heterocycles. The third kappa shape index (κ3) is 8.48. The first-order valence-electron chi connectivity index (χ1n) is 10.1. The highest BCUT2D eigenvalue weighted by Crippen LogP contribution is 1.91. The third-order valence-electron chi connectivity index (χ3n) is 4.10. The maximum Gasteiger partial charge on any atom is 0.336 e. The fourth-order valence-electron chi connectivity index (χ4n) is 2.73. The molecule has 0 aliphatic rings. The van der Waals surface area contributed by atoms with Gasteiger partial charge in [0, 0.05) is 39.5 Å². The Hall–Kier alpha value is -2.49. The summed E-state index contributed by atoms with van der Waals surface area (Å²) in [5.41, 5.74) is -1.84. The van der Waals surface area contributed by atoms with Crippen molar-refractivity contribution < 1.29 is 14.2 Å². The summed E-state index contributed by atoms with van der Waals surface area (Å²) in [5, 5.41) is 0. The van der Waals surface area contributed by atoms with Gasteiger partial charge in [-0.05, 0) is 19.3 Å². The molecule has 0 amide bonds. The SMILES string of the molecule is C=CCOCCCn1c(=O)n(CCCOCC=C)c(=O)n(CCCOCC=C)c1=O. The minimum atomic E-state index is -0.614. The van der Waals surface area contributed by atoms with E-state index in [-0.39, 0.29) is 19.6 Å². The van der Waals surface area contributed by atoms with E-state index in [1.165, 1.54) is 0 Å². The molecule has 0 N–H and O–H groups in total. The largest absolute Gasteiger partial charge is 0.377 e. The molecule has 0 aromatic carbocycles. The Kier molecular flexibility index (Phi) is 13.1. The van der Waals surface area contributed by atoms with Crippen molar-refractivity contribution in [1.29, 1.82) is 0 Å². The minimum absolute atomic E-state index is 0.162. The summed E-state index contributed by atoms with van der Waals surface area (Å²) >= 11 is 0. The van der Waals surface area contributed by atoms with Crippen LogP contribution in [0.15, 0.2) is 52.3 Å². The van der Waals surface area contributed by atoms with Gasteiger partial charge in [-0.15, -0.1) is 19.7 Å². The van der Waals surface area contributed by atoms with Gasteiger partial charge in [0.25, 0.3) is 0 Å². The fraction of sp³-hybridized carbons (Fsp3) is 0.571. The standard InChI is InChI=1S/C21H33N3O6/c1-4-13-28-16-7-10-22-19(25)23(11-8-17-29-14-5-2)21(27)24(20(22)26)12-9-18-30-15-6-3/h4-6H,1-3,7-18H2. The Morgan fingerprint density at radius 1 is 0.567 bits per heavy atom. The molecule has 9 nitrogen and oxygen atoms in total. The molecule has 9 heteroatoms. The first kappa shape index (κ1) is 25.5. The zero-order valence-corrected chi connectivity index (χ0v) is 17.6. The summed E-state index contributed by atoms with van der Waals surface area (Å²) in [6.45, 7) is 13.5. The van der Waals surface area contributed by atoms with Gasteiger partial charge in [-0.1, -0.05) is 18.2 Å². The van der Waals surface area contributed by atoms with Crippen LogP contribution >= 0.6 is 0 Å². The van der Waals surface area contributed by atoms with Crippen LogP contribution in [0, 0.1) is 0 Å². The van der Waals surface area contributed by atoms with Crippen molar-refractivity contribution in [2.45, 2.75) is 38.9 Å². The summed E-state index contributed by atoms with van der Waals surface area (Å²) in [5.74, 6) is 0. The Labute approximate surface area is 176 Å². The van der Waals surface area contributed by atoms with Gasteiger partial charge in [0.1, 0.15) is 0 Å². The van der Waals surface area contributed by atoms with Crippen molar-refractivity contribution in [3.8, 4) is 0 Å². The molecule has 1 aromatic rings. The normalized spacial score (nSPS) is 10.8. The minimum Gasteiger partial charge on any atom is -0.377 e. The summed E-state index contributed by atoms with van der Waals surface area (Å²) in [6, 6.07) is 0. The third-order valence-corrected chi connectivity index (χ3v) is 4.10. The maximum atomic E-state index is 12.8. The molecule has 0 radical (unpaired) electrons. The number of nitrogens with zero attached hydrogens (tertiary/aromatic N) is 3. The van der Waals surface area contributed by atoms with E-state index in [4.69, 9.17) is 14.2 Å². The molecular weight excluding hydrogens is 390 g/mol. The lowest BCUT2D eigenvalue weighted by Crippen LogP contribution is -2.54. The first-order valence-corrected chi connectivity index (χ1v) is 10.1. The zero-order valence-electron chi connectivity index (χ0n) is 17.6. The zero-order chi connectivity index (χ0) is 22.2. The van der Waals surface area contributed by atoms with Crippen molar-refractivity contribution in [2.24, 2.45) is 0 Å². The molecule has 0 aliphatic carbocycles. The van der Waals surface area contributed by atoms with Gasteiger partial charge in [-0.3, -0.25) is 0 Å². The smallest absolute Gasteiger partial charge is 0.336 e. The first-order chi connectivity index (χ1) is 14.6. The molecular formula is C21H33N3O6. The Morgan fingerprint density at radius 3 is 1.07 bits per heavy atom. The van der Waals surface area contributed by atoms with Crippen molar-refractivity contribution in [3.05, 3.63) is 69.4 Å². The lowest BCUT2D eigenvalue weighted by Gasteiger charge is -2.14. The predicted molar refractivity (Wildman–Crippen MR) is 116 cm³/mol. The number of rotatable bonds is 18. The van der Waals surface area contributed by atoms with Crippen LogP contribution in [-0.4, -0.2) is 53.3 Å². The van der Waals surface area contributed by atoms with Crippen LogP contribution < -0.4 is 17.1 Å². The second kappa shape index (κ2) is 15.4. The summed E-state index contributed by atoms with van der Waals surface area (Å²) in [6.07, 6.45) is 6.27. The average Bonchev–Trinajstić information content (AvgIpc) is 2.74. The molecule has 1 rings (SSSR count). The molecule has 0 atom stereocenters. The highest BCUT2D eigenvalue weighted by molar-refractivity contribution is 4.79. The second-order valence-corrected chi connectivity index (χ2v) is 6.45. The molecule has 30 heavy (non-hydrogen) atoms. The molecule has 0 saturated carbocycles. The van der Waals surface area contributed by atoms with E-state index in [1.54, 1.807) is 18.2 Å². The summed E-state index contributed by atoms with van der Waals surface area (Å²) < 4.78 is 19.2. The molecule has 0 aliphatic heterocycles. The van der Waals surface area contributed by atoms with Gasteiger partial charge in [0.2, 0.25) is 0 Å². The summed E-state index contributed by atoms with van der Waals surface area (Å²) in [4.78, 5) is 38.3. The topological polar surface area (TPSA) is 93.7 Å². The van der Waals surface area contributed by atoms with E-state index >= 15 is 0 Å². The lowest BCUT2D eigenvalue weighted by atomic mass is 10.4. The Balaban J connectivity index is 3.01. The quantitative estimate of drug-likeness (QED) is 0.258. The fourth-order valence-corrected chi connectivity index (χ4v) is 2.73. The van der Waals surface area contributed by atoms with Crippen LogP contribution in [0.25, 0.3) is 0 Å². The van der Waals surface area contributed by atoms with E-state index in [1.807, 2.05) is 0 Å². The highest BCUT2D eigenvalue weighted by Gasteiger charge is 2.15. The van der Waals surface area contributed by atoms with Crippen LogP contribution in [0.2, 0.25) is 0 Å². The monoisotopic (exact) mass is 423 g/mol. The summed E-state index contributed by atoms with van der Waals surface area (Å²) in [7, 11) is 0. The molecule has 0 bridgehead atoms. The van der Waals surface area contributed by atoms with E-state index in [9.17, 15) is 14.4 Å². The van der Waals surface area contributed by atoms with Crippen molar-refractivity contribution >= 4 is 0 Å². The number of ether oxygens (including phenoxy) is 3. The average molecular weight is 424 g/mol. The van der Waals surface area contributed by atoms with Gasteiger partial charge < -0.3 is 14.2 Å². The predicted octanol–water partition coefficient (Wildman–Crippen LogP) is 0.950.